The molecule has 3 aromatic rings. The summed E-state index contributed by atoms with van der Waals surface area (Å²) in [7, 11) is 0. The first kappa shape index (κ1) is 12.6. The molecule has 0 saturated heterocycles. The lowest BCUT2D eigenvalue weighted by molar-refractivity contribution is 0.101. The maximum absolute atomic E-state index is 13.3. The van der Waals surface area contributed by atoms with Crippen LogP contribution in [0.15, 0.2) is 46.9 Å². The van der Waals surface area contributed by atoms with Crippen LogP contribution >= 0.6 is 0 Å². The van der Waals surface area contributed by atoms with Crippen molar-refractivity contribution in [1.82, 2.24) is 0 Å². The molecule has 2 nitrogen and oxygen atoms in total. The molecule has 0 saturated carbocycles. The third kappa shape index (κ3) is 2.01. The zero-order valence-electron chi connectivity index (χ0n) is 11.2. The van der Waals surface area contributed by atoms with Crippen LogP contribution in [0.1, 0.15) is 27.2 Å². The Balaban J connectivity index is 2.08. The summed E-state index contributed by atoms with van der Waals surface area (Å²) in [5.74, 6) is -0.272. The first-order chi connectivity index (χ1) is 9.56. The maximum atomic E-state index is 13.3. The minimum Gasteiger partial charge on any atom is -0.452 e. The summed E-state index contributed by atoms with van der Waals surface area (Å²) in [6.07, 6.45) is 0. The van der Waals surface area contributed by atoms with Crippen molar-refractivity contribution in [3.05, 3.63) is 70.7 Å². The lowest BCUT2D eigenvalue weighted by Gasteiger charge is -2.00. The number of carbonyl (C=O) groups excluding carboxylic acids is 1. The van der Waals surface area contributed by atoms with E-state index in [2.05, 4.69) is 0 Å². The van der Waals surface area contributed by atoms with Crippen molar-refractivity contribution in [3.63, 3.8) is 0 Å². The molecule has 0 fully saturated rings. The Bertz CT molecular complexity index is 815. The number of furan rings is 1. The molecule has 1 aromatic heterocycles. The highest BCUT2D eigenvalue weighted by Crippen LogP contribution is 2.24. The van der Waals surface area contributed by atoms with Crippen molar-refractivity contribution in [3.8, 4) is 0 Å². The fourth-order valence-corrected chi connectivity index (χ4v) is 2.25. The predicted molar refractivity (Wildman–Crippen MR) is 75.5 cm³/mol. The van der Waals surface area contributed by atoms with Gasteiger partial charge >= 0.3 is 0 Å². The molecular weight excluding hydrogens is 255 g/mol. The van der Waals surface area contributed by atoms with Crippen LogP contribution < -0.4 is 0 Å². The quantitative estimate of drug-likeness (QED) is 0.644. The third-order valence-electron chi connectivity index (χ3n) is 3.38. The molecule has 0 unspecified atom stereocenters. The van der Waals surface area contributed by atoms with Gasteiger partial charge in [0.15, 0.2) is 5.76 Å². The SMILES string of the molecule is Cc1cc(C(=O)c2cc3cccc(C)c3o2)ccc1F. The zero-order chi connectivity index (χ0) is 14.3. The van der Waals surface area contributed by atoms with Gasteiger partial charge in [-0.05, 0) is 49.2 Å². The van der Waals surface area contributed by atoms with Crippen LogP contribution in [-0.2, 0) is 0 Å². The van der Waals surface area contributed by atoms with E-state index in [1.807, 2.05) is 25.1 Å². The molecule has 0 aliphatic rings. The molecule has 0 radical (unpaired) electrons. The Kier molecular flexibility index (Phi) is 2.90. The average Bonchev–Trinajstić information content (AvgIpc) is 2.86. The highest BCUT2D eigenvalue weighted by atomic mass is 19.1. The summed E-state index contributed by atoms with van der Waals surface area (Å²) in [5.41, 5.74) is 2.58. The van der Waals surface area contributed by atoms with Crippen molar-refractivity contribution >= 4 is 16.8 Å². The van der Waals surface area contributed by atoms with Gasteiger partial charge < -0.3 is 4.42 Å². The molecule has 0 spiro atoms. The second-order valence-corrected chi connectivity index (χ2v) is 4.90. The van der Waals surface area contributed by atoms with Gasteiger partial charge in [0.25, 0.3) is 0 Å². The summed E-state index contributed by atoms with van der Waals surface area (Å²) in [6, 6.07) is 11.8. The molecule has 0 aliphatic heterocycles. The van der Waals surface area contributed by atoms with E-state index in [1.54, 1.807) is 13.0 Å². The number of carbonyl (C=O) groups is 1. The molecule has 3 heteroatoms. The van der Waals surface area contributed by atoms with Gasteiger partial charge in [-0.3, -0.25) is 4.79 Å². The Hall–Kier alpha value is -2.42. The minimum atomic E-state index is -0.318. The highest BCUT2D eigenvalue weighted by Gasteiger charge is 2.16. The van der Waals surface area contributed by atoms with E-state index in [-0.39, 0.29) is 17.4 Å². The van der Waals surface area contributed by atoms with Crippen molar-refractivity contribution in [2.75, 3.05) is 0 Å². The van der Waals surface area contributed by atoms with Crippen LogP contribution in [0.3, 0.4) is 0 Å². The average molecular weight is 268 g/mol. The van der Waals surface area contributed by atoms with E-state index in [0.717, 1.165) is 16.5 Å². The van der Waals surface area contributed by atoms with Gasteiger partial charge in [0.05, 0.1) is 0 Å². The van der Waals surface area contributed by atoms with E-state index in [9.17, 15) is 9.18 Å². The molecule has 2 aromatic carbocycles. The number of hydrogen-bond acceptors (Lipinski definition) is 2. The Labute approximate surface area is 115 Å². The number of ketones is 1. The number of hydrogen-bond donors (Lipinski definition) is 0. The van der Waals surface area contributed by atoms with E-state index in [1.165, 1.54) is 18.2 Å². The second-order valence-electron chi connectivity index (χ2n) is 4.90. The normalized spacial score (nSPS) is 10.9. The summed E-state index contributed by atoms with van der Waals surface area (Å²) in [6.45, 7) is 3.57. The topological polar surface area (TPSA) is 30.2 Å². The predicted octanol–water partition coefficient (Wildman–Crippen LogP) is 4.42. The smallest absolute Gasteiger partial charge is 0.228 e. The van der Waals surface area contributed by atoms with E-state index >= 15 is 0 Å². The molecule has 0 bridgehead atoms. The van der Waals surface area contributed by atoms with Gasteiger partial charge in [-0.25, -0.2) is 4.39 Å². The minimum absolute atomic E-state index is 0.233. The highest BCUT2D eigenvalue weighted by molar-refractivity contribution is 6.09. The van der Waals surface area contributed by atoms with Crippen LogP contribution in [-0.4, -0.2) is 5.78 Å². The van der Waals surface area contributed by atoms with Crippen LogP contribution in [0.5, 0.6) is 0 Å². The third-order valence-corrected chi connectivity index (χ3v) is 3.38. The monoisotopic (exact) mass is 268 g/mol. The van der Waals surface area contributed by atoms with Gasteiger partial charge in [0, 0.05) is 10.9 Å². The van der Waals surface area contributed by atoms with Crippen molar-refractivity contribution in [2.45, 2.75) is 13.8 Å². The van der Waals surface area contributed by atoms with Crippen LogP contribution in [0.25, 0.3) is 11.0 Å². The largest absolute Gasteiger partial charge is 0.452 e. The lowest BCUT2D eigenvalue weighted by Crippen LogP contribution is -2.00. The fraction of sp³-hybridized carbons (Fsp3) is 0.118. The number of rotatable bonds is 2. The summed E-state index contributed by atoms with van der Waals surface area (Å²) in [4.78, 5) is 12.4. The molecule has 1 heterocycles. The molecule has 3 rings (SSSR count). The van der Waals surface area contributed by atoms with E-state index < -0.39 is 0 Å². The summed E-state index contributed by atoms with van der Waals surface area (Å²) >= 11 is 0. The van der Waals surface area contributed by atoms with Crippen molar-refractivity contribution in [1.29, 1.82) is 0 Å². The Morgan fingerprint density at radius 2 is 1.85 bits per heavy atom. The van der Waals surface area contributed by atoms with Crippen LogP contribution in [0, 0.1) is 19.7 Å². The first-order valence-electron chi connectivity index (χ1n) is 6.36. The van der Waals surface area contributed by atoms with Crippen molar-refractivity contribution < 1.29 is 13.6 Å². The standard InChI is InChI=1S/C17H13FO2/c1-10-4-3-5-13-9-15(20-17(10)13)16(19)12-6-7-14(18)11(2)8-12/h3-9H,1-2H3. The first-order valence-corrected chi connectivity index (χ1v) is 6.36. The van der Waals surface area contributed by atoms with Gasteiger partial charge in [0.2, 0.25) is 5.78 Å². The van der Waals surface area contributed by atoms with Gasteiger partial charge in [0.1, 0.15) is 11.4 Å². The van der Waals surface area contributed by atoms with Crippen molar-refractivity contribution in [2.24, 2.45) is 0 Å². The van der Waals surface area contributed by atoms with E-state index in [4.69, 9.17) is 4.42 Å². The Morgan fingerprint density at radius 3 is 2.55 bits per heavy atom. The van der Waals surface area contributed by atoms with E-state index in [0.29, 0.717) is 11.1 Å². The maximum Gasteiger partial charge on any atom is 0.228 e. The lowest BCUT2D eigenvalue weighted by atomic mass is 10.1. The molecule has 0 N–H and O–H groups in total. The second kappa shape index (κ2) is 4.60. The van der Waals surface area contributed by atoms with Gasteiger partial charge in [-0.2, -0.15) is 0 Å². The molecule has 0 amide bonds. The molecule has 0 aliphatic carbocycles. The Morgan fingerprint density at radius 1 is 1.05 bits per heavy atom. The van der Waals surface area contributed by atoms with Crippen LogP contribution in [0.4, 0.5) is 4.39 Å². The summed E-state index contributed by atoms with van der Waals surface area (Å²) < 4.78 is 18.9. The number of para-hydroxylation sites is 1. The fourth-order valence-electron chi connectivity index (χ4n) is 2.25. The number of benzene rings is 2. The molecule has 100 valence electrons. The summed E-state index contributed by atoms with van der Waals surface area (Å²) in [5, 5.41) is 0.896. The number of fused-ring (bicyclic) bond motifs is 1. The van der Waals surface area contributed by atoms with Gasteiger partial charge in [-0.15, -0.1) is 0 Å². The number of halogens is 1. The van der Waals surface area contributed by atoms with Gasteiger partial charge in [-0.1, -0.05) is 18.2 Å². The molecular formula is C17H13FO2. The number of aryl methyl sites for hydroxylation is 2. The zero-order valence-corrected chi connectivity index (χ0v) is 11.2. The molecule has 20 heavy (non-hydrogen) atoms. The van der Waals surface area contributed by atoms with Crippen LogP contribution in [0.2, 0.25) is 0 Å². The molecule has 0 atom stereocenters.